The van der Waals surface area contributed by atoms with Crippen molar-refractivity contribution in [3.8, 4) is 0 Å². The van der Waals surface area contributed by atoms with Gasteiger partial charge in [0.1, 0.15) is 0 Å². The summed E-state index contributed by atoms with van der Waals surface area (Å²) in [4.78, 5) is 0. The molecule has 0 saturated heterocycles. The fraction of sp³-hybridized carbons (Fsp3) is 0.571. The van der Waals surface area contributed by atoms with E-state index in [0.717, 1.165) is 12.8 Å². The van der Waals surface area contributed by atoms with Gasteiger partial charge in [0.25, 0.3) is 0 Å². The number of aryl methyl sites for hydroxylation is 2. The van der Waals surface area contributed by atoms with Crippen molar-refractivity contribution in [1.29, 1.82) is 0 Å². The Morgan fingerprint density at radius 1 is 0.933 bits per heavy atom. The second-order valence-electron chi connectivity index (χ2n) is 4.05. The summed E-state index contributed by atoms with van der Waals surface area (Å²) < 4.78 is 0. The summed E-state index contributed by atoms with van der Waals surface area (Å²) in [5.41, 5.74) is 2.89. The number of hydrogen-bond donors (Lipinski definition) is 1. The first-order chi connectivity index (χ1) is 7.38. The second kappa shape index (κ2) is 7.47. The summed E-state index contributed by atoms with van der Waals surface area (Å²) in [5.74, 6) is 0. The van der Waals surface area contributed by atoms with Crippen LogP contribution in [0.3, 0.4) is 0 Å². The average molecular weight is 206 g/mol. The third-order valence-electron chi connectivity index (χ3n) is 2.77. The molecule has 0 aliphatic heterocycles. The third kappa shape index (κ3) is 4.48. The van der Waals surface area contributed by atoms with E-state index in [2.05, 4.69) is 31.2 Å². The van der Waals surface area contributed by atoms with Crippen molar-refractivity contribution < 1.29 is 5.11 Å². The molecule has 0 spiro atoms. The first-order valence-electron chi connectivity index (χ1n) is 6.06. The summed E-state index contributed by atoms with van der Waals surface area (Å²) in [6, 6.07) is 8.62. The van der Waals surface area contributed by atoms with E-state index < -0.39 is 0 Å². The molecule has 0 fully saturated rings. The van der Waals surface area contributed by atoms with E-state index in [1.165, 1.54) is 36.8 Å². The maximum absolute atomic E-state index is 8.83. The summed E-state index contributed by atoms with van der Waals surface area (Å²) in [6.45, 7) is 2.53. The van der Waals surface area contributed by atoms with Crippen molar-refractivity contribution in [1.82, 2.24) is 0 Å². The largest absolute Gasteiger partial charge is 0.396 e. The fourth-order valence-corrected chi connectivity index (χ4v) is 1.88. The predicted molar refractivity (Wildman–Crippen MR) is 65.1 cm³/mol. The molecule has 0 aliphatic carbocycles. The molecule has 1 rings (SSSR count). The predicted octanol–water partition coefficient (Wildman–Crippen LogP) is 3.34. The minimum atomic E-state index is 0.295. The molecule has 0 bridgehead atoms. The monoisotopic (exact) mass is 206 g/mol. The lowest BCUT2D eigenvalue weighted by Gasteiger charge is -2.08. The summed E-state index contributed by atoms with van der Waals surface area (Å²) in [6.07, 6.45) is 6.96. The Bertz CT molecular complexity index is 268. The quantitative estimate of drug-likeness (QED) is 0.678. The number of aliphatic hydroxyl groups excluding tert-OH is 1. The van der Waals surface area contributed by atoms with Crippen molar-refractivity contribution in [3.05, 3.63) is 35.4 Å². The summed E-state index contributed by atoms with van der Waals surface area (Å²) in [5, 5.41) is 8.83. The smallest absolute Gasteiger partial charge is 0.0434 e. The van der Waals surface area contributed by atoms with Crippen LogP contribution in [-0.2, 0) is 12.8 Å². The molecular weight excluding hydrogens is 184 g/mol. The van der Waals surface area contributed by atoms with Gasteiger partial charge in [-0.1, -0.05) is 44.0 Å². The van der Waals surface area contributed by atoms with Crippen LogP contribution in [0.15, 0.2) is 24.3 Å². The number of rotatable bonds is 7. The van der Waals surface area contributed by atoms with E-state index in [0.29, 0.717) is 6.61 Å². The Kier molecular flexibility index (Phi) is 6.10. The first kappa shape index (κ1) is 12.3. The number of aliphatic hydroxyl groups is 1. The Labute approximate surface area is 93.1 Å². The molecule has 0 unspecified atom stereocenters. The van der Waals surface area contributed by atoms with E-state index in [9.17, 15) is 0 Å². The molecule has 1 nitrogen and oxygen atoms in total. The molecule has 1 aromatic rings. The molecule has 0 atom stereocenters. The maximum Gasteiger partial charge on any atom is 0.0434 e. The highest BCUT2D eigenvalue weighted by molar-refractivity contribution is 5.27. The average Bonchev–Trinajstić information content (AvgIpc) is 2.28. The van der Waals surface area contributed by atoms with E-state index in [1.807, 2.05) is 0 Å². The van der Waals surface area contributed by atoms with E-state index >= 15 is 0 Å². The van der Waals surface area contributed by atoms with Gasteiger partial charge in [0.05, 0.1) is 0 Å². The van der Waals surface area contributed by atoms with Crippen molar-refractivity contribution >= 4 is 0 Å². The van der Waals surface area contributed by atoms with Crippen molar-refractivity contribution in [2.45, 2.75) is 45.4 Å². The van der Waals surface area contributed by atoms with Crippen LogP contribution in [0, 0.1) is 0 Å². The van der Waals surface area contributed by atoms with Gasteiger partial charge < -0.3 is 5.11 Å². The summed E-state index contributed by atoms with van der Waals surface area (Å²) in [7, 11) is 0. The lowest BCUT2D eigenvalue weighted by atomic mass is 9.98. The zero-order chi connectivity index (χ0) is 10.9. The topological polar surface area (TPSA) is 20.2 Å². The molecule has 15 heavy (non-hydrogen) atoms. The second-order valence-corrected chi connectivity index (χ2v) is 4.05. The first-order valence-corrected chi connectivity index (χ1v) is 6.06. The summed E-state index contributed by atoms with van der Waals surface area (Å²) >= 11 is 0. The standard InChI is InChI=1S/C14H22O/c1-2-3-4-8-13-9-5-6-10-14(13)11-7-12-15/h5-6,9-10,15H,2-4,7-8,11-12H2,1H3. The molecule has 0 saturated carbocycles. The molecule has 0 aromatic heterocycles. The molecule has 0 amide bonds. The maximum atomic E-state index is 8.83. The Balaban J connectivity index is 2.52. The van der Waals surface area contributed by atoms with E-state index in [4.69, 9.17) is 5.11 Å². The number of unbranched alkanes of at least 4 members (excludes halogenated alkanes) is 2. The molecular formula is C14H22O. The Morgan fingerprint density at radius 3 is 2.07 bits per heavy atom. The van der Waals surface area contributed by atoms with Crippen molar-refractivity contribution in [2.24, 2.45) is 0 Å². The normalized spacial score (nSPS) is 10.5. The zero-order valence-corrected chi connectivity index (χ0v) is 9.71. The van der Waals surface area contributed by atoms with Gasteiger partial charge in [0.15, 0.2) is 0 Å². The van der Waals surface area contributed by atoms with Crippen LogP contribution in [0.1, 0.15) is 43.7 Å². The van der Waals surface area contributed by atoms with Gasteiger partial charge in [0.2, 0.25) is 0 Å². The minimum absolute atomic E-state index is 0.295. The van der Waals surface area contributed by atoms with Gasteiger partial charge in [-0.3, -0.25) is 0 Å². The van der Waals surface area contributed by atoms with E-state index in [-0.39, 0.29) is 0 Å². The SMILES string of the molecule is CCCCCc1ccccc1CCCO. The lowest BCUT2D eigenvalue weighted by molar-refractivity contribution is 0.288. The van der Waals surface area contributed by atoms with Gasteiger partial charge in [-0.05, 0) is 36.8 Å². The third-order valence-corrected chi connectivity index (χ3v) is 2.77. The van der Waals surface area contributed by atoms with Crippen LogP contribution in [0.25, 0.3) is 0 Å². The fourth-order valence-electron chi connectivity index (χ4n) is 1.88. The van der Waals surface area contributed by atoms with Gasteiger partial charge >= 0.3 is 0 Å². The van der Waals surface area contributed by atoms with Gasteiger partial charge in [-0.25, -0.2) is 0 Å². The van der Waals surface area contributed by atoms with Gasteiger partial charge in [0, 0.05) is 6.61 Å². The molecule has 0 heterocycles. The van der Waals surface area contributed by atoms with Crippen LogP contribution >= 0.6 is 0 Å². The van der Waals surface area contributed by atoms with Crippen LogP contribution in [0.2, 0.25) is 0 Å². The minimum Gasteiger partial charge on any atom is -0.396 e. The van der Waals surface area contributed by atoms with Crippen LogP contribution in [-0.4, -0.2) is 11.7 Å². The number of benzene rings is 1. The number of hydrogen-bond acceptors (Lipinski definition) is 1. The Morgan fingerprint density at radius 2 is 1.53 bits per heavy atom. The molecule has 1 heteroatoms. The highest BCUT2D eigenvalue weighted by atomic mass is 16.2. The molecule has 0 aliphatic rings. The van der Waals surface area contributed by atoms with Crippen LogP contribution < -0.4 is 0 Å². The Hall–Kier alpha value is -0.820. The zero-order valence-electron chi connectivity index (χ0n) is 9.71. The van der Waals surface area contributed by atoms with Gasteiger partial charge in [-0.2, -0.15) is 0 Å². The van der Waals surface area contributed by atoms with Crippen LogP contribution in [0.4, 0.5) is 0 Å². The molecule has 84 valence electrons. The van der Waals surface area contributed by atoms with Gasteiger partial charge in [-0.15, -0.1) is 0 Å². The van der Waals surface area contributed by atoms with Crippen molar-refractivity contribution in [2.75, 3.05) is 6.61 Å². The van der Waals surface area contributed by atoms with Crippen molar-refractivity contribution in [3.63, 3.8) is 0 Å². The molecule has 1 N–H and O–H groups in total. The molecule has 0 radical (unpaired) electrons. The molecule has 1 aromatic carbocycles. The van der Waals surface area contributed by atoms with Crippen LogP contribution in [0.5, 0.6) is 0 Å². The lowest BCUT2D eigenvalue weighted by Crippen LogP contribution is -1.96. The highest BCUT2D eigenvalue weighted by Crippen LogP contribution is 2.14. The van der Waals surface area contributed by atoms with E-state index in [1.54, 1.807) is 0 Å². The highest BCUT2D eigenvalue weighted by Gasteiger charge is 2.00.